The first-order chi connectivity index (χ1) is 10.1. The number of methoxy groups -OCH3 is 1. The van der Waals surface area contributed by atoms with E-state index in [-0.39, 0.29) is 5.41 Å². The molecule has 3 rings (SSSR count). The van der Waals surface area contributed by atoms with Gasteiger partial charge in [-0.3, -0.25) is 0 Å². The SMILES string of the molecule is COC1CC(NCc2nnnn2-c2ccccc2)C1(C)C. The molecule has 0 bridgehead atoms. The molecule has 1 saturated carbocycles. The average molecular weight is 287 g/mol. The van der Waals surface area contributed by atoms with E-state index in [0.717, 1.165) is 17.9 Å². The average Bonchev–Trinajstić information content (AvgIpc) is 2.95. The van der Waals surface area contributed by atoms with Crippen molar-refractivity contribution >= 4 is 0 Å². The van der Waals surface area contributed by atoms with Crippen LogP contribution in [0.2, 0.25) is 0 Å². The maximum atomic E-state index is 5.48. The Morgan fingerprint density at radius 2 is 2.10 bits per heavy atom. The second-order valence-electron chi connectivity index (χ2n) is 6.06. The smallest absolute Gasteiger partial charge is 0.170 e. The minimum Gasteiger partial charge on any atom is -0.381 e. The summed E-state index contributed by atoms with van der Waals surface area (Å²) in [6.07, 6.45) is 1.34. The van der Waals surface area contributed by atoms with Crippen LogP contribution >= 0.6 is 0 Å². The molecule has 0 radical (unpaired) electrons. The van der Waals surface area contributed by atoms with Crippen molar-refractivity contribution in [2.24, 2.45) is 5.41 Å². The van der Waals surface area contributed by atoms with Crippen molar-refractivity contribution in [1.82, 2.24) is 25.5 Å². The van der Waals surface area contributed by atoms with Gasteiger partial charge < -0.3 is 10.1 Å². The van der Waals surface area contributed by atoms with E-state index in [9.17, 15) is 0 Å². The van der Waals surface area contributed by atoms with Crippen molar-refractivity contribution in [1.29, 1.82) is 0 Å². The Bertz CT molecular complexity index is 595. The first-order valence-corrected chi connectivity index (χ1v) is 7.22. The lowest BCUT2D eigenvalue weighted by Crippen LogP contribution is -2.60. The van der Waals surface area contributed by atoms with Gasteiger partial charge in [0.2, 0.25) is 0 Å². The maximum absolute atomic E-state index is 5.48. The minimum absolute atomic E-state index is 0.139. The third-order valence-electron chi connectivity index (χ3n) is 4.50. The zero-order valence-electron chi connectivity index (χ0n) is 12.7. The van der Waals surface area contributed by atoms with Crippen LogP contribution in [0.5, 0.6) is 0 Å². The van der Waals surface area contributed by atoms with Crippen molar-refractivity contribution < 1.29 is 4.74 Å². The summed E-state index contributed by atoms with van der Waals surface area (Å²) in [5.41, 5.74) is 1.11. The molecular weight excluding hydrogens is 266 g/mol. The second-order valence-corrected chi connectivity index (χ2v) is 6.06. The molecule has 1 heterocycles. The van der Waals surface area contributed by atoms with Gasteiger partial charge in [-0.05, 0) is 29.0 Å². The van der Waals surface area contributed by atoms with Gasteiger partial charge in [0.15, 0.2) is 5.82 Å². The molecule has 0 spiro atoms. The van der Waals surface area contributed by atoms with Crippen LogP contribution in [0.25, 0.3) is 5.69 Å². The highest BCUT2D eigenvalue weighted by molar-refractivity contribution is 5.30. The van der Waals surface area contributed by atoms with Crippen molar-refractivity contribution in [3.63, 3.8) is 0 Å². The summed E-state index contributed by atoms with van der Waals surface area (Å²) in [5.74, 6) is 0.817. The largest absolute Gasteiger partial charge is 0.381 e. The van der Waals surface area contributed by atoms with E-state index in [1.54, 1.807) is 11.8 Å². The molecule has 1 aromatic carbocycles. The van der Waals surface area contributed by atoms with Gasteiger partial charge in [0.25, 0.3) is 0 Å². The van der Waals surface area contributed by atoms with Crippen LogP contribution in [0.15, 0.2) is 30.3 Å². The molecule has 1 N–H and O–H groups in total. The van der Waals surface area contributed by atoms with E-state index >= 15 is 0 Å². The number of nitrogens with zero attached hydrogens (tertiary/aromatic N) is 4. The van der Waals surface area contributed by atoms with E-state index in [1.165, 1.54) is 0 Å². The first kappa shape index (κ1) is 14.2. The third-order valence-corrected chi connectivity index (χ3v) is 4.50. The standard InChI is InChI=1S/C15H21N5O/c1-15(2)12(9-13(15)21-3)16-10-14-17-18-19-20(14)11-7-5-4-6-8-11/h4-8,12-13,16H,9-10H2,1-3H3. The molecule has 1 aliphatic rings. The quantitative estimate of drug-likeness (QED) is 0.904. The normalized spacial score (nSPS) is 23.8. The topological polar surface area (TPSA) is 64.9 Å². The number of tetrazole rings is 1. The van der Waals surface area contributed by atoms with Crippen LogP contribution in [-0.2, 0) is 11.3 Å². The number of hydrogen-bond acceptors (Lipinski definition) is 5. The summed E-state index contributed by atoms with van der Waals surface area (Å²) in [6, 6.07) is 10.3. The van der Waals surface area contributed by atoms with Gasteiger partial charge in [0, 0.05) is 18.6 Å². The molecule has 2 unspecified atom stereocenters. The summed E-state index contributed by atoms with van der Waals surface area (Å²) < 4.78 is 7.25. The third kappa shape index (κ3) is 2.56. The van der Waals surface area contributed by atoms with Gasteiger partial charge in [-0.2, -0.15) is 4.68 Å². The molecule has 0 amide bonds. The molecule has 2 atom stereocenters. The van der Waals surface area contributed by atoms with Crippen molar-refractivity contribution in [2.45, 2.75) is 39.0 Å². The van der Waals surface area contributed by atoms with Crippen molar-refractivity contribution in [3.05, 3.63) is 36.2 Å². The van der Waals surface area contributed by atoms with Gasteiger partial charge in [-0.1, -0.05) is 32.0 Å². The van der Waals surface area contributed by atoms with Crippen LogP contribution in [0.4, 0.5) is 0 Å². The van der Waals surface area contributed by atoms with Crippen LogP contribution in [0.3, 0.4) is 0 Å². The first-order valence-electron chi connectivity index (χ1n) is 7.22. The molecule has 1 fully saturated rings. The zero-order chi connectivity index (χ0) is 14.9. The van der Waals surface area contributed by atoms with Crippen LogP contribution < -0.4 is 5.32 Å². The molecule has 0 aliphatic heterocycles. The fourth-order valence-corrected chi connectivity index (χ4v) is 2.93. The number of aromatic nitrogens is 4. The van der Waals surface area contributed by atoms with Gasteiger partial charge in [0.05, 0.1) is 18.3 Å². The number of nitrogens with one attached hydrogen (secondary N) is 1. The predicted octanol–water partition coefficient (Wildman–Crippen LogP) is 1.57. The Morgan fingerprint density at radius 3 is 2.76 bits per heavy atom. The fraction of sp³-hybridized carbons (Fsp3) is 0.533. The highest BCUT2D eigenvalue weighted by Crippen LogP contribution is 2.42. The summed E-state index contributed by atoms with van der Waals surface area (Å²) >= 11 is 0. The lowest BCUT2D eigenvalue weighted by Gasteiger charge is -2.51. The molecule has 6 nitrogen and oxygen atoms in total. The Kier molecular flexibility index (Phi) is 3.73. The molecule has 1 aromatic heterocycles. The summed E-state index contributed by atoms with van der Waals surface area (Å²) in [4.78, 5) is 0. The van der Waals surface area contributed by atoms with Gasteiger partial charge in [-0.25, -0.2) is 0 Å². The number of rotatable bonds is 5. The van der Waals surface area contributed by atoms with E-state index < -0.39 is 0 Å². The van der Waals surface area contributed by atoms with Gasteiger partial charge in [0.1, 0.15) is 0 Å². The van der Waals surface area contributed by atoms with Gasteiger partial charge >= 0.3 is 0 Å². The Labute approximate surface area is 124 Å². The molecule has 112 valence electrons. The van der Waals surface area contributed by atoms with Crippen molar-refractivity contribution in [2.75, 3.05) is 7.11 Å². The van der Waals surface area contributed by atoms with Crippen molar-refractivity contribution in [3.8, 4) is 5.69 Å². The number of hydrogen-bond donors (Lipinski definition) is 1. The van der Waals surface area contributed by atoms with Gasteiger partial charge in [-0.15, -0.1) is 5.10 Å². The molecule has 2 aromatic rings. The second kappa shape index (κ2) is 5.54. The molecule has 21 heavy (non-hydrogen) atoms. The van der Waals surface area contributed by atoms with E-state index in [1.807, 2.05) is 30.3 Å². The van der Waals surface area contributed by atoms with E-state index in [0.29, 0.717) is 18.7 Å². The number of benzene rings is 1. The molecular formula is C15H21N5O. The number of para-hydroxylation sites is 1. The predicted molar refractivity (Wildman–Crippen MR) is 79.0 cm³/mol. The zero-order valence-corrected chi connectivity index (χ0v) is 12.7. The summed E-state index contributed by atoms with van der Waals surface area (Å²) in [6.45, 7) is 5.09. The molecule has 0 saturated heterocycles. The Morgan fingerprint density at radius 1 is 1.33 bits per heavy atom. The molecule has 6 heteroatoms. The highest BCUT2D eigenvalue weighted by Gasteiger charge is 2.48. The Hall–Kier alpha value is -1.79. The van der Waals surface area contributed by atoms with Crippen LogP contribution in [0, 0.1) is 5.41 Å². The Balaban J connectivity index is 1.67. The highest BCUT2D eigenvalue weighted by atomic mass is 16.5. The monoisotopic (exact) mass is 287 g/mol. The maximum Gasteiger partial charge on any atom is 0.170 e. The lowest BCUT2D eigenvalue weighted by atomic mass is 9.64. The van der Waals surface area contributed by atoms with Crippen LogP contribution in [-0.4, -0.2) is 39.5 Å². The summed E-state index contributed by atoms with van der Waals surface area (Å²) in [5, 5.41) is 15.5. The number of ether oxygens (including phenoxy) is 1. The lowest BCUT2D eigenvalue weighted by molar-refractivity contribution is -0.0980. The minimum atomic E-state index is 0.139. The van der Waals surface area contributed by atoms with Crippen LogP contribution in [0.1, 0.15) is 26.1 Å². The fourth-order valence-electron chi connectivity index (χ4n) is 2.93. The molecule has 1 aliphatic carbocycles. The summed E-state index contributed by atoms with van der Waals surface area (Å²) in [7, 11) is 1.78. The van der Waals surface area contributed by atoms with E-state index in [4.69, 9.17) is 4.74 Å². The van der Waals surface area contributed by atoms with E-state index in [2.05, 4.69) is 34.7 Å².